The monoisotopic (exact) mass is 494 g/mol. The lowest BCUT2D eigenvalue weighted by Gasteiger charge is -2.42. The molecule has 1 aromatic heterocycles. The van der Waals surface area contributed by atoms with Gasteiger partial charge in [0.25, 0.3) is 5.91 Å². The van der Waals surface area contributed by atoms with Crippen LogP contribution in [0.15, 0.2) is 60.8 Å². The Morgan fingerprint density at radius 1 is 1.17 bits per heavy atom. The SMILES string of the molecule is Cc1nn(C)cc1C(=O)N1CCO[C@@](COc2ccc(F)cc2)(CC(=O)N(C)Cc2ccccc2)C1. The molecule has 3 aromatic rings. The summed E-state index contributed by atoms with van der Waals surface area (Å²) in [6.45, 7) is 3.09. The number of ether oxygens (including phenoxy) is 2. The zero-order chi connectivity index (χ0) is 25.7. The van der Waals surface area contributed by atoms with E-state index in [1.807, 2.05) is 30.3 Å². The van der Waals surface area contributed by atoms with Crippen LogP contribution in [0.5, 0.6) is 5.75 Å². The van der Waals surface area contributed by atoms with Crippen molar-refractivity contribution in [2.24, 2.45) is 7.05 Å². The van der Waals surface area contributed by atoms with Gasteiger partial charge in [-0.2, -0.15) is 5.10 Å². The standard InChI is InChI=1S/C27H31FN4O4/c1-20-24(17-31(3)29-20)26(34)32-13-14-36-27(18-32,19-35-23-11-9-22(28)10-12-23)15-25(33)30(2)16-21-7-5-4-6-8-21/h4-12,17H,13-16,18-19H2,1-3H3/t27-/m0/s1. The van der Waals surface area contributed by atoms with E-state index in [9.17, 15) is 14.0 Å². The largest absolute Gasteiger partial charge is 0.490 e. The Morgan fingerprint density at radius 2 is 1.89 bits per heavy atom. The molecule has 9 heteroatoms. The maximum absolute atomic E-state index is 13.4. The van der Waals surface area contributed by atoms with Crippen LogP contribution in [0.2, 0.25) is 0 Å². The number of carbonyl (C=O) groups is 2. The van der Waals surface area contributed by atoms with E-state index in [-0.39, 0.29) is 43.8 Å². The van der Waals surface area contributed by atoms with Crippen LogP contribution in [0.4, 0.5) is 4.39 Å². The lowest BCUT2D eigenvalue weighted by molar-refractivity contribution is -0.152. The van der Waals surface area contributed by atoms with Crippen LogP contribution in [0.3, 0.4) is 0 Å². The molecule has 0 unspecified atom stereocenters. The highest BCUT2D eigenvalue weighted by Crippen LogP contribution is 2.27. The Bertz CT molecular complexity index is 1200. The summed E-state index contributed by atoms with van der Waals surface area (Å²) in [5.74, 6) is -0.211. The molecule has 0 saturated carbocycles. The molecule has 1 aliphatic rings. The van der Waals surface area contributed by atoms with E-state index < -0.39 is 5.60 Å². The molecule has 1 atom stereocenters. The number of nitrogens with zero attached hydrogens (tertiary/aromatic N) is 4. The number of morpholine rings is 1. The molecule has 1 saturated heterocycles. The van der Waals surface area contributed by atoms with Crippen LogP contribution in [-0.2, 0) is 23.1 Å². The minimum absolute atomic E-state index is 0.0212. The average molecular weight is 495 g/mol. The number of hydrogen-bond donors (Lipinski definition) is 0. The van der Waals surface area contributed by atoms with Crippen LogP contribution < -0.4 is 4.74 Å². The number of aromatic nitrogens is 2. The minimum Gasteiger partial charge on any atom is -0.490 e. The van der Waals surface area contributed by atoms with Gasteiger partial charge in [0, 0.05) is 33.4 Å². The normalized spacial score (nSPS) is 17.6. The third kappa shape index (κ3) is 6.09. The molecule has 0 N–H and O–H groups in total. The maximum atomic E-state index is 13.4. The first-order valence-corrected chi connectivity index (χ1v) is 11.8. The number of carbonyl (C=O) groups excluding carboxylic acids is 2. The summed E-state index contributed by atoms with van der Waals surface area (Å²) >= 11 is 0. The molecule has 0 aliphatic carbocycles. The molecule has 8 nitrogen and oxygen atoms in total. The van der Waals surface area contributed by atoms with Crippen LogP contribution >= 0.6 is 0 Å². The van der Waals surface area contributed by atoms with Crippen molar-refractivity contribution >= 4 is 11.8 Å². The zero-order valence-electron chi connectivity index (χ0n) is 20.8. The van der Waals surface area contributed by atoms with Gasteiger partial charge in [-0.05, 0) is 36.8 Å². The highest BCUT2D eigenvalue weighted by atomic mass is 19.1. The van der Waals surface area contributed by atoms with Gasteiger partial charge in [0.15, 0.2) is 0 Å². The second-order valence-electron chi connectivity index (χ2n) is 9.21. The van der Waals surface area contributed by atoms with Crippen molar-refractivity contribution in [3.63, 3.8) is 0 Å². The van der Waals surface area contributed by atoms with Crippen molar-refractivity contribution < 1.29 is 23.5 Å². The van der Waals surface area contributed by atoms with Gasteiger partial charge in [-0.3, -0.25) is 14.3 Å². The molecule has 190 valence electrons. The van der Waals surface area contributed by atoms with Crippen molar-refractivity contribution in [3.05, 3.63) is 83.4 Å². The minimum atomic E-state index is -1.07. The average Bonchev–Trinajstić information content (AvgIpc) is 3.21. The summed E-state index contributed by atoms with van der Waals surface area (Å²) in [4.78, 5) is 30.0. The fourth-order valence-corrected chi connectivity index (χ4v) is 4.35. The highest BCUT2D eigenvalue weighted by Gasteiger charge is 2.42. The molecule has 0 spiro atoms. The van der Waals surface area contributed by atoms with Crippen molar-refractivity contribution in [1.82, 2.24) is 19.6 Å². The van der Waals surface area contributed by atoms with Gasteiger partial charge < -0.3 is 19.3 Å². The molecule has 4 rings (SSSR count). The third-order valence-corrected chi connectivity index (χ3v) is 6.26. The van der Waals surface area contributed by atoms with E-state index >= 15 is 0 Å². The van der Waals surface area contributed by atoms with E-state index in [2.05, 4.69) is 5.10 Å². The van der Waals surface area contributed by atoms with E-state index in [1.54, 1.807) is 41.7 Å². The summed E-state index contributed by atoms with van der Waals surface area (Å²) in [5.41, 5.74) is 1.10. The van der Waals surface area contributed by atoms with Crippen LogP contribution in [0.1, 0.15) is 28.0 Å². The van der Waals surface area contributed by atoms with Gasteiger partial charge >= 0.3 is 0 Å². The molecule has 0 radical (unpaired) electrons. The van der Waals surface area contributed by atoms with E-state index in [1.165, 1.54) is 24.3 Å². The second kappa shape index (κ2) is 10.9. The summed E-state index contributed by atoms with van der Waals surface area (Å²) in [6, 6.07) is 15.4. The molecule has 0 bridgehead atoms. The van der Waals surface area contributed by atoms with Gasteiger partial charge in [0.1, 0.15) is 23.8 Å². The lowest BCUT2D eigenvalue weighted by atomic mass is 9.96. The number of amides is 2. The van der Waals surface area contributed by atoms with Crippen LogP contribution in [0.25, 0.3) is 0 Å². The molecule has 2 heterocycles. The summed E-state index contributed by atoms with van der Waals surface area (Å²) in [6.07, 6.45) is 1.72. The topological polar surface area (TPSA) is 76.9 Å². The Balaban J connectivity index is 1.53. The zero-order valence-corrected chi connectivity index (χ0v) is 20.8. The fourth-order valence-electron chi connectivity index (χ4n) is 4.35. The number of halogens is 1. The molecule has 36 heavy (non-hydrogen) atoms. The fraction of sp³-hybridized carbons (Fsp3) is 0.370. The Hall–Kier alpha value is -3.72. The van der Waals surface area contributed by atoms with Crippen molar-refractivity contribution in [3.8, 4) is 5.75 Å². The highest BCUT2D eigenvalue weighted by molar-refractivity contribution is 5.95. The van der Waals surface area contributed by atoms with E-state index in [0.717, 1.165) is 5.56 Å². The second-order valence-corrected chi connectivity index (χ2v) is 9.21. The summed E-state index contributed by atoms with van der Waals surface area (Å²) in [7, 11) is 3.51. The molecule has 2 aromatic carbocycles. The Kier molecular flexibility index (Phi) is 7.69. The van der Waals surface area contributed by atoms with E-state index in [0.29, 0.717) is 30.1 Å². The van der Waals surface area contributed by atoms with Gasteiger partial charge in [0.2, 0.25) is 5.91 Å². The van der Waals surface area contributed by atoms with Crippen LogP contribution in [0, 0.1) is 12.7 Å². The number of benzene rings is 2. The quantitative estimate of drug-likeness (QED) is 0.481. The maximum Gasteiger partial charge on any atom is 0.257 e. The summed E-state index contributed by atoms with van der Waals surface area (Å²) < 4.78 is 27.1. The molecule has 1 aliphatic heterocycles. The van der Waals surface area contributed by atoms with Crippen molar-refractivity contribution in [2.45, 2.75) is 25.5 Å². The Morgan fingerprint density at radius 3 is 2.56 bits per heavy atom. The molecule has 2 amide bonds. The number of rotatable bonds is 8. The van der Waals surface area contributed by atoms with Gasteiger partial charge in [0.05, 0.1) is 30.8 Å². The van der Waals surface area contributed by atoms with Gasteiger partial charge in [-0.25, -0.2) is 4.39 Å². The molecular formula is C27H31FN4O4. The third-order valence-electron chi connectivity index (χ3n) is 6.26. The Labute approximate surface area is 210 Å². The summed E-state index contributed by atoms with van der Waals surface area (Å²) in [5, 5.41) is 4.28. The smallest absolute Gasteiger partial charge is 0.257 e. The predicted molar refractivity (Wildman–Crippen MR) is 132 cm³/mol. The first kappa shape index (κ1) is 25.4. The number of hydrogen-bond acceptors (Lipinski definition) is 5. The van der Waals surface area contributed by atoms with Gasteiger partial charge in [-0.1, -0.05) is 30.3 Å². The lowest BCUT2D eigenvalue weighted by Crippen LogP contribution is -2.58. The first-order chi connectivity index (χ1) is 17.2. The van der Waals surface area contributed by atoms with E-state index in [4.69, 9.17) is 9.47 Å². The first-order valence-electron chi connectivity index (χ1n) is 11.8. The van der Waals surface area contributed by atoms with Crippen molar-refractivity contribution in [1.29, 1.82) is 0 Å². The molecular weight excluding hydrogens is 463 g/mol. The van der Waals surface area contributed by atoms with Crippen LogP contribution in [-0.4, -0.2) is 70.3 Å². The van der Waals surface area contributed by atoms with Gasteiger partial charge in [-0.15, -0.1) is 0 Å². The van der Waals surface area contributed by atoms with Crippen molar-refractivity contribution in [2.75, 3.05) is 33.4 Å². The molecule has 1 fully saturated rings. The predicted octanol–water partition coefficient (Wildman–Crippen LogP) is 3.21. The number of aryl methyl sites for hydroxylation is 2.